The van der Waals surface area contributed by atoms with Gasteiger partial charge in [-0.25, -0.2) is 4.39 Å². The fourth-order valence-corrected chi connectivity index (χ4v) is 2.32. The van der Waals surface area contributed by atoms with Gasteiger partial charge >= 0.3 is 0 Å². The minimum atomic E-state index is -0.205. The molecular formula is C12H17BrFN. The number of halogens is 2. The zero-order valence-electron chi connectivity index (χ0n) is 9.57. The Bertz CT molecular complexity index is 324. The van der Waals surface area contributed by atoms with Crippen LogP contribution < -0.4 is 5.32 Å². The highest BCUT2D eigenvalue weighted by atomic mass is 79.9. The molecule has 1 rings (SSSR count). The van der Waals surface area contributed by atoms with E-state index in [0.29, 0.717) is 0 Å². The van der Waals surface area contributed by atoms with E-state index < -0.39 is 0 Å². The van der Waals surface area contributed by atoms with Crippen LogP contribution in [-0.2, 0) is 0 Å². The van der Waals surface area contributed by atoms with Crippen LogP contribution in [0.25, 0.3) is 0 Å². The van der Waals surface area contributed by atoms with Gasteiger partial charge in [0.2, 0.25) is 0 Å². The second kappa shape index (κ2) is 4.62. The van der Waals surface area contributed by atoms with Crippen molar-refractivity contribution in [3.05, 3.63) is 34.1 Å². The van der Waals surface area contributed by atoms with Gasteiger partial charge < -0.3 is 5.32 Å². The Hall–Kier alpha value is -0.410. The maximum Gasteiger partial charge on any atom is 0.124 e. The first-order valence-electron chi connectivity index (χ1n) is 4.98. The van der Waals surface area contributed by atoms with E-state index in [4.69, 9.17) is 0 Å². The molecular weight excluding hydrogens is 257 g/mol. The number of hydrogen-bond donors (Lipinski definition) is 1. The first kappa shape index (κ1) is 12.7. The molecule has 1 atom stereocenters. The number of nitrogens with one attached hydrogen (secondary N) is 1. The van der Waals surface area contributed by atoms with Crippen molar-refractivity contribution in [1.82, 2.24) is 5.32 Å². The van der Waals surface area contributed by atoms with Crippen LogP contribution in [0.2, 0.25) is 0 Å². The predicted octanol–water partition coefficient (Wildman–Crippen LogP) is 3.89. The Morgan fingerprint density at radius 3 is 2.27 bits per heavy atom. The first-order valence-corrected chi connectivity index (χ1v) is 5.77. The van der Waals surface area contributed by atoms with E-state index in [9.17, 15) is 4.39 Å². The summed E-state index contributed by atoms with van der Waals surface area (Å²) in [4.78, 5) is 0. The number of benzene rings is 1. The highest BCUT2D eigenvalue weighted by Crippen LogP contribution is 2.33. The Morgan fingerprint density at radius 2 is 1.87 bits per heavy atom. The maximum absolute atomic E-state index is 13.3. The van der Waals surface area contributed by atoms with E-state index in [1.165, 1.54) is 6.07 Å². The smallest absolute Gasteiger partial charge is 0.124 e. The van der Waals surface area contributed by atoms with Crippen LogP contribution in [0.1, 0.15) is 32.4 Å². The molecule has 0 aliphatic carbocycles. The molecule has 0 aliphatic heterocycles. The number of hydrogen-bond acceptors (Lipinski definition) is 1. The van der Waals surface area contributed by atoms with Gasteiger partial charge in [0.25, 0.3) is 0 Å². The SMILES string of the molecule is CNC(c1cc(F)cc(Br)c1)C(C)(C)C. The Balaban J connectivity index is 3.13. The third-order valence-corrected chi connectivity index (χ3v) is 2.83. The second-order valence-corrected chi connectivity index (χ2v) is 5.71. The van der Waals surface area contributed by atoms with Gasteiger partial charge in [-0.1, -0.05) is 36.7 Å². The van der Waals surface area contributed by atoms with Gasteiger partial charge in [-0.15, -0.1) is 0 Å². The minimum Gasteiger partial charge on any atom is -0.313 e. The normalized spacial score (nSPS) is 14.0. The lowest BCUT2D eigenvalue weighted by Gasteiger charge is -2.31. The maximum atomic E-state index is 13.3. The third-order valence-electron chi connectivity index (χ3n) is 2.37. The van der Waals surface area contributed by atoms with Crippen LogP contribution in [0.4, 0.5) is 4.39 Å². The molecule has 0 spiro atoms. The molecule has 0 radical (unpaired) electrons. The average molecular weight is 274 g/mol. The molecule has 0 amide bonds. The molecule has 0 aromatic heterocycles. The van der Waals surface area contributed by atoms with Crippen molar-refractivity contribution in [2.45, 2.75) is 26.8 Å². The van der Waals surface area contributed by atoms with Crippen LogP contribution in [0.5, 0.6) is 0 Å². The van der Waals surface area contributed by atoms with Crippen molar-refractivity contribution in [2.75, 3.05) is 7.05 Å². The van der Waals surface area contributed by atoms with Crippen molar-refractivity contribution in [2.24, 2.45) is 5.41 Å². The summed E-state index contributed by atoms with van der Waals surface area (Å²) in [6.07, 6.45) is 0. The summed E-state index contributed by atoms with van der Waals surface area (Å²) in [5.41, 5.74) is 1.03. The van der Waals surface area contributed by atoms with Crippen LogP contribution >= 0.6 is 15.9 Å². The molecule has 1 aromatic carbocycles. The molecule has 0 saturated heterocycles. The van der Waals surface area contributed by atoms with Crippen LogP contribution in [0, 0.1) is 11.2 Å². The van der Waals surface area contributed by atoms with Gasteiger partial charge in [0.15, 0.2) is 0 Å². The summed E-state index contributed by atoms with van der Waals surface area (Å²) in [6.45, 7) is 6.40. The molecule has 0 fully saturated rings. The Morgan fingerprint density at radius 1 is 1.27 bits per heavy atom. The van der Waals surface area contributed by atoms with E-state index in [1.54, 1.807) is 6.07 Å². The number of rotatable bonds is 2. The van der Waals surface area contributed by atoms with Crippen LogP contribution in [-0.4, -0.2) is 7.05 Å². The fourth-order valence-electron chi connectivity index (χ4n) is 1.84. The van der Waals surface area contributed by atoms with Gasteiger partial charge in [-0.2, -0.15) is 0 Å². The molecule has 0 heterocycles. The molecule has 0 saturated carbocycles. The topological polar surface area (TPSA) is 12.0 Å². The summed E-state index contributed by atoms with van der Waals surface area (Å²) < 4.78 is 14.0. The summed E-state index contributed by atoms with van der Waals surface area (Å²) in [6, 6.07) is 5.15. The Labute approximate surface area is 99.2 Å². The summed E-state index contributed by atoms with van der Waals surface area (Å²) in [7, 11) is 1.90. The molecule has 3 heteroatoms. The summed E-state index contributed by atoms with van der Waals surface area (Å²) >= 11 is 3.31. The largest absolute Gasteiger partial charge is 0.313 e. The fraction of sp³-hybridized carbons (Fsp3) is 0.500. The van der Waals surface area contributed by atoms with Crippen molar-refractivity contribution in [3.63, 3.8) is 0 Å². The molecule has 1 N–H and O–H groups in total. The summed E-state index contributed by atoms with van der Waals surface area (Å²) in [5.74, 6) is -0.205. The van der Waals surface area contributed by atoms with E-state index in [2.05, 4.69) is 42.0 Å². The van der Waals surface area contributed by atoms with E-state index in [0.717, 1.165) is 10.0 Å². The van der Waals surface area contributed by atoms with Crippen molar-refractivity contribution in [1.29, 1.82) is 0 Å². The van der Waals surface area contributed by atoms with Gasteiger partial charge in [0, 0.05) is 10.5 Å². The second-order valence-electron chi connectivity index (χ2n) is 4.79. The first-order chi connectivity index (χ1) is 6.84. The van der Waals surface area contributed by atoms with E-state index >= 15 is 0 Å². The van der Waals surface area contributed by atoms with Crippen molar-refractivity contribution >= 4 is 15.9 Å². The lowest BCUT2D eigenvalue weighted by atomic mass is 9.82. The molecule has 15 heavy (non-hydrogen) atoms. The molecule has 1 aromatic rings. The quantitative estimate of drug-likeness (QED) is 0.862. The molecule has 0 aliphatic rings. The third kappa shape index (κ3) is 3.28. The van der Waals surface area contributed by atoms with E-state index in [-0.39, 0.29) is 17.3 Å². The van der Waals surface area contributed by atoms with Crippen molar-refractivity contribution < 1.29 is 4.39 Å². The highest BCUT2D eigenvalue weighted by Gasteiger charge is 2.25. The molecule has 84 valence electrons. The highest BCUT2D eigenvalue weighted by molar-refractivity contribution is 9.10. The van der Waals surface area contributed by atoms with Gasteiger partial charge in [-0.05, 0) is 36.2 Å². The monoisotopic (exact) mass is 273 g/mol. The molecule has 1 nitrogen and oxygen atoms in total. The van der Waals surface area contributed by atoms with Crippen LogP contribution in [0.3, 0.4) is 0 Å². The zero-order chi connectivity index (χ0) is 11.6. The summed E-state index contributed by atoms with van der Waals surface area (Å²) in [5, 5.41) is 3.23. The Kier molecular flexibility index (Phi) is 3.90. The standard InChI is InChI=1S/C12H17BrFN/c1-12(2,3)11(15-4)8-5-9(13)7-10(14)6-8/h5-7,11,15H,1-4H3. The lowest BCUT2D eigenvalue weighted by Crippen LogP contribution is -2.29. The minimum absolute atomic E-state index is 0.0575. The van der Waals surface area contributed by atoms with Gasteiger partial charge in [-0.3, -0.25) is 0 Å². The predicted molar refractivity (Wildman–Crippen MR) is 65.4 cm³/mol. The lowest BCUT2D eigenvalue weighted by molar-refractivity contribution is 0.286. The zero-order valence-corrected chi connectivity index (χ0v) is 11.2. The average Bonchev–Trinajstić information content (AvgIpc) is 1.99. The van der Waals surface area contributed by atoms with Gasteiger partial charge in [0.05, 0.1) is 0 Å². The molecule has 0 bridgehead atoms. The van der Waals surface area contributed by atoms with Gasteiger partial charge in [0.1, 0.15) is 5.82 Å². The van der Waals surface area contributed by atoms with E-state index in [1.807, 2.05) is 13.1 Å². The van der Waals surface area contributed by atoms with Crippen molar-refractivity contribution in [3.8, 4) is 0 Å². The molecule has 1 unspecified atom stereocenters. The van der Waals surface area contributed by atoms with Crippen LogP contribution in [0.15, 0.2) is 22.7 Å².